The van der Waals surface area contributed by atoms with Gasteiger partial charge in [0, 0.05) is 21.2 Å². The fourth-order valence-corrected chi connectivity index (χ4v) is 4.74. The van der Waals surface area contributed by atoms with E-state index in [2.05, 4.69) is 16.0 Å². The monoisotopic (exact) mass is 601 g/mol. The van der Waals surface area contributed by atoms with Crippen LogP contribution in [0.25, 0.3) is 6.08 Å². The summed E-state index contributed by atoms with van der Waals surface area (Å²) in [5.74, 6) is 0.0325. The minimum Gasteiger partial charge on any atom is -0.497 e. The first-order chi connectivity index (χ1) is 20.3. The zero-order chi connectivity index (χ0) is 29.9. The topological polar surface area (TPSA) is 106 Å². The number of rotatable bonds is 11. The van der Waals surface area contributed by atoms with Crippen LogP contribution in [0.5, 0.6) is 11.5 Å². The van der Waals surface area contributed by atoms with Gasteiger partial charge < -0.3 is 25.4 Å². The van der Waals surface area contributed by atoms with E-state index in [1.165, 1.54) is 18.9 Å². The molecule has 0 aliphatic heterocycles. The Hall–Kier alpha value is -4.73. The molecule has 42 heavy (non-hydrogen) atoms. The number of ether oxygens (including phenoxy) is 2. The zero-order valence-corrected chi connectivity index (χ0v) is 24.4. The van der Waals surface area contributed by atoms with Gasteiger partial charge in [0.05, 0.1) is 25.7 Å². The summed E-state index contributed by atoms with van der Waals surface area (Å²) in [5, 5.41) is 8.84. The molecule has 0 unspecified atom stereocenters. The predicted molar refractivity (Wildman–Crippen MR) is 167 cm³/mol. The highest BCUT2D eigenvalue weighted by Gasteiger charge is 2.16. The van der Waals surface area contributed by atoms with Crippen molar-refractivity contribution in [1.82, 2.24) is 5.32 Å². The summed E-state index contributed by atoms with van der Waals surface area (Å²) in [6.07, 6.45) is 1.58. The molecule has 0 aliphatic rings. The number of hydrogen-bond acceptors (Lipinski definition) is 6. The van der Waals surface area contributed by atoms with E-state index in [1.807, 2.05) is 6.07 Å². The van der Waals surface area contributed by atoms with Crippen molar-refractivity contribution in [3.8, 4) is 11.5 Å². The lowest BCUT2D eigenvalue weighted by atomic mass is 10.1. The molecule has 3 amide bonds. The van der Waals surface area contributed by atoms with Crippen LogP contribution in [0.3, 0.4) is 0 Å². The molecule has 0 aromatic heterocycles. The second kappa shape index (κ2) is 14.8. The maximum Gasteiger partial charge on any atom is 0.272 e. The third-order valence-electron chi connectivity index (χ3n) is 5.83. The van der Waals surface area contributed by atoms with Crippen molar-refractivity contribution in [3.05, 3.63) is 119 Å². The molecule has 214 valence electrons. The summed E-state index contributed by atoms with van der Waals surface area (Å²) in [7, 11) is 3.06. The molecule has 0 radical (unpaired) electrons. The number of carbonyl (C=O) groups is 3. The number of methoxy groups -OCH3 is 2. The summed E-state index contributed by atoms with van der Waals surface area (Å²) in [6, 6.07) is 27.8. The number of anilines is 2. The van der Waals surface area contributed by atoms with E-state index in [9.17, 15) is 14.4 Å². The van der Waals surface area contributed by atoms with Crippen molar-refractivity contribution in [2.24, 2.45) is 0 Å². The van der Waals surface area contributed by atoms with Gasteiger partial charge in [-0.3, -0.25) is 14.4 Å². The standard InChI is InChI=1S/C32H28ClN3O5S/c1-40-25-12-6-8-21(16-25)17-28(36-31(38)22-9-4-3-5-10-22)32(39)34-24-11-7-13-26(19-24)42-20-30(37)35-27-18-23(33)14-15-29(27)41-2/h3-19H,20H2,1-2H3,(H,34,39)(H,35,37)(H,36,38)/b28-17-. The third kappa shape index (κ3) is 8.63. The summed E-state index contributed by atoms with van der Waals surface area (Å²) in [4.78, 5) is 39.6. The predicted octanol–water partition coefficient (Wildman–Crippen LogP) is 6.50. The fourth-order valence-electron chi connectivity index (χ4n) is 3.82. The van der Waals surface area contributed by atoms with Crippen LogP contribution in [0, 0.1) is 0 Å². The highest BCUT2D eigenvalue weighted by molar-refractivity contribution is 8.00. The van der Waals surface area contributed by atoms with Crippen LogP contribution in [-0.2, 0) is 9.59 Å². The number of halogens is 1. The average molecular weight is 602 g/mol. The van der Waals surface area contributed by atoms with Gasteiger partial charge in [0.1, 0.15) is 17.2 Å². The van der Waals surface area contributed by atoms with Crippen LogP contribution in [0.15, 0.2) is 108 Å². The van der Waals surface area contributed by atoms with Crippen molar-refractivity contribution in [2.75, 3.05) is 30.6 Å². The number of nitrogens with one attached hydrogen (secondary N) is 3. The van der Waals surface area contributed by atoms with Crippen molar-refractivity contribution in [2.45, 2.75) is 4.90 Å². The van der Waals surface area contributed by atoms with E-state index in [0.717, 1.165) is 4.90 Å². The first-order valence-corrected chi connectivity index (χ1v) is 14.1. The first kappa shape index (κ1) is 30.2. The zero-order valence-electron chi connectivity index (χ0n) is 22.8. The van der Waals surface area contributed by atoms with Crippen LogP contribution in [0.1, 0.15) is 15.9 Å². The van der Waals surface area contributed by atoms with E-state index in [1.54, 1.807) is 104 Å². The van der Waals surface area contributed by atoms with E-state index in [-0.39, 0.29) is 17.4 Å². The fraction of sp³-hybridized carbons (Fsp3) is 0.0938. The van der Waals surface area contributed by atoms with E-state index >= 15 is 0 Å². The molecule has 0 heterocycles. The van der Waals surface area contributed by atoms with Gasteiger partial charge in [0.25, 0.3) is 11.8 Å². The van der Waals surface area contributed by atoms with Crippen LogP contribution in [0.2, 0.25) is 5.02 Å². The molecule has 0 aliphatic carbocycles. The summed E-state index contributed by atoms with van der Waals surface area (Å²) < 4.78 is 10.6. The van der Waals surface area contributed by atoms with E-state index < -0.39 is 11.8 Å². The smallest absolute Gasteiger partial charge is 0.272 e. The molecular formula is C32H28ClN3O5S. The largest absolute Gasteiger partial charge is 0.497 e. The second-order valence-electron chi connectivity index (χ2n) is 8.82. The Morgan fingerprint density at radius 2 is 1.62 bits per heavy atom. The molecule has 0 saturated heterocycles. The van der Waals surface area contributed by atoms with Crippen LogP contribution >= 0.6 is 23.4 Å². The Kier molecular flexibility index (Phi) is 10.6. The molecule has 0 bridgehead atoms. The SMILES string of the molecule is COc1cccc(/C=C(\NC(=O)c2ccccc2)C(=O)Nc2cccc(SCC(=O)Nc3cc(Cl)ccc3OC)c2)c1. The first-order valence-electron chi connectivity index (χ1n) is 12.7. The molecule has 0 atom stereocenters. The number of thioether (sulfide) groups is 1. The molecule has 3 N–H and O–H groups in total. The van der Waals surface area contributed by atoms with Crippen molar-refractivity contribution >= 4 is 58.5 Å². The number of amides is 3. The Balaban J connectivity index is 1.46. The lowest BCUT2D eigenvalue weighted by Gasteiger charge is -2.13. The molecular weight excluding hydrogens is 574 g/mol. The molecule has 4 rings (SSSR count). The molecule has 0 fully saturated rings. The van der Waals surface area contributed by atoms with Gasteiger partial charge in [-0.15, -0.1) is 11.8 Å². The second-order valence-corrected chi connectivity index (χ2v) is 10.3. The molecule has 8 nitrogen and oxygen atoms in total. The lowest BCUT2D eigenvalue weighted by Crippen LogP contribution is -2.30. The normalized spacial score (nSPS) is 10.9. The maximum absolute atomic E-state index is 13.4. The molecule has 4 aromatic rings. The van der Waals surface area contributed by atoms with Crippen LogP contribution < -0.4 is 25.4 Å². The Morgan fingerprint density at radius 1 is 0.833 bits per heavy atom. The van der Waals surface area contributed by atoms with Gasteiger partial charge in [0.2, 0.25) is 5.91 Å². The average Bonchev–Trinajstić information content (AvgIpc) is 3.00. The third-order valence-corrected chi connectivity index (χ3v) is 7.06. The van der Waals surface area contributed by atoms with Gasteiger partial charge >= 0.3 is 0 Å². The summed E-state index contributed by atoms with van der Waals surface area (Å²) in [6.45, 7) is 0. The van der Waals surface area contributed by atoms with Gasteiger partial charge in [-0.25, -0.2) is 0 Å². The summed E-state index contributed by atoms with van der Waals surface area (Å²) >= 11 is 7.34. The van der Waals surface area contributed by atoms with Gasteiger partial charge in [0.15, 0.2) is 0 Å². The highest BCUT2D eigenvalue weighted by atomic mass is 35.5. The van der Waals surface area contributed by atoms with Gasteiger partial charge in [-0.1, -0.05) is 48.0 Å². The lowest BCUT2D eigenvalue weighted by molar-refractivity contribution is -0.114. The number of carbonyl (C=O) groups excluding carboxylic acids is 3. The molecule has 0 spiro atoms. The minimum atomic E-state index is -0.518. The molecule has 10 heteroatoms. The van der Waals surface area contributed by atoms with Crippen LogP contribution in [0.4, 0.5) is 11.4 Å². The number of hydrogen-bond donors (Lipinski definition) is 3. The van der Waals surface area contributed by atoms with Crippen LogP contribution in [-0.4, -0.2) is 37.7 Å². The molecule has 0 saturated carbocycles. The van der Waals surface area contributed by atoms with Gasteiger partial charge in [-0.05, 0) is 72.3 Å². The summed E-state index contributed by atoms with van der Waals surface area (Å²) in [5.41, 5.74) is 2.09. The van der Waals surface area contributed by atoms with Crippen molar-refractivity contribution < 1.29 is 23.9 Å². The Labute approximate surface area is 253 Å². The Morgan fingerprint density at radius 3 is 2.38 bits per heavy atom. The Bertz CT molecular complexity index is 1610. The maximum atomic E-state index is 13.4. The van der Waals surface area contributed by atoms with E-state index in [0.29, 0.717) is 39.0 Å². The number of benzene rings is 4. The van der Waals surface area contributed by atoms with Crippen molar-refractivity contribution in [3.63, 3.8) is 0 Å². The van der Waals surface area contributed by atoms with Gasteiger partial charge in [-0.2, -0.15) is 0 Å². The van der Waals surface area contributed by atoms with E-state index in [4.69, 9.17) is 21.1 Å². The van der Waals surface area contributed by atoms with Crippen molar-refractivity contribution in [1.29, 1.82) is 0 Å². The molecule has 4 aromatic carbocycles. The quantitative estimate of drug-likeness (QED) is 0.134. The minimum absolute atomic E-state index is 0.0463. The highest BCUT2D eigenvalue weighted by Crippen LogP contribution is 2.28.